The number of Topliss-reactive ketones (excluding diaryl/α,β-unsaturated/α-hetero) is 1. The summed E-state index contributed by atoms with van der Waals surface area (Å²) in [6.07, 6.45) is 0.954. The second kappa shape index (κ2) is 49.8. The van der Waals surface area contributed by atoms with E-state index in [-0.39, 0.29) is 106 Å². The maximum atomic E-state index is 11.1. The molecule has 0 amide bonds. The molecule has 20 heteroatoms. The lowest BCUT2D eigenvalue weighted by molar-refractivity contribution is -0.181. The fourth-order valence-electron chi connectivity index (χ4n) is 3.39. The van der Waals surface area contributed by atoms with E-state index in [0.717, 1.165) is 18.6 Å². The molecule has 0 aromatic rings. The number of carbonyl (C=O) groups excluding carboxylic acids is 1. The van der Waals surface area contributed by atoms with Gasteiger partial charge in [0.25, 0.3) is 0 Å². The van der Waals surface area contributed by atoms with Crippen molar-refractivity contribution >= 4 is 71.0 Å². The van der Waals surface area contributed by atoms with E-state index in [4.69, 9.17) is 69.9 Å². The molecule has 0 saturated carbocycles. The SMILES string of the molecule is CCC(=O)CSCC(OC)OC(CC)CO.CCC(CO)OC(CO)OC.CCC(CO)OC(CSCC(=O)O)OC.I.[3H]CCSCC(OC)OC(CC)CO. The average molecular weight is 991 g/mol. The molecule has 0 saturated heterocycles. The Morgan fingerprint density at radius 2 is 0.857 bits per heavy atom. The third-order valence-electron chi connectivity index (χ3n) is 7.00. The summed E-state index contributed by atoms with van der Waals surface area (Å²) in [5.74, 6) is 2.45. The van der Waals surface area contributed by atoms with Gasteiger partial charge in [-0.1, -0.05) is 41.5 Å². The summed E-state index contributed by atoms with van der Waals surface area (Å²) in [5, 5.41) is 52.6. The van der Waals surface area contributed by atoms with Gasteiger partial charge in [-0.15, -0.1) is 47.5 Å². The smallest absolute Gasteiger partial charge is 0.313 e. The van der Waals surface area contributed by atoms with Crippen LogP contribution in [0.2, 0.25) is 0 Å². The van der Waals surface area contributed by atoms with Crippen LogP contribution < -0.4 is 0 Å². The highest BCUT2D eigenvalue weighted by Crippen LogP contribution is 2.13. The predicted molar refractivity (Wildman–Crippen MR) is 235 cm³/mol. The molecule has 0 heterocycles. The van der Waals surface area contributed by atoms with E-state index < -0.39 is 18.5 Å². The number of aliphatic hydroxyl groups is 5. The molecule has 8 atom stereocenters. The Labute approximate surface area is 367 Å². The van der Waals surface area contributed by atoms with Crippen molar-refractivity contribution in [1.29, 1.82) is 0 Å². The first-order valence-electron chi connectivity index (χ1n) is 19.1. The summed E-state index contributed by atoms with van der Waals surface area (Å²) in [7, 11) is 6.11. The van der Waals surface area contributed by atoms with Crippen LogP contribution in [-0.4, -0.2) is 188 Å². The fraction of sp³-hybridized carbons (Fsp3) is 0.944. The summed E-state index contributed by atoms with van der Waals surface area (Å²) >= 11 is 4.36. The van der Waals surface area contributed by atoms with Crippen LogP contribution in [0.25, 0.3) is 0 Å². The second-order valence-corrected chi connectivity index (χ2v) is 14.3. The van der Waals surface area contributed by atoms with Crippen LogP contribution in [0.3, 0.4) is 0 Å². The summed E-state index contributed by atoms with van der Waals surface area (Å²) in [5.41, 5.74) is 0. The number of hydrogen-bond donors (Lipinski definition) is 6. The minimum absolute atomic E-state index is 0. The molecule has 0 aromatic heterocycles. The molecule has 0 aliphatic heterocycles. The third kappa shape index (κ3) is 42.5. The van der Waals surface area contributed by atoms with Crippen LogP contribution in [0.1, 0.15) is 75.0 Å². The number of aliphatic hydroxyl groups excluding tert-OH is 5. The average Bonchev–Trinajstić information content (AvgIpc) is 3.22. The number of hydrogen-bond acceptors (Lipinski definition) is 18. The van der Waals surface area contributed by atoms with Gasteiger partial charge in [0, 0.05) is 53.5 Å². The minimum Gasteiger partial charge on any atom is -0.481 e. The lowest BCUT2D eigenvalue weighted by Crippen LogP contribution is -2.28. The first-order valence-corrected chi connectivity index (χ1v) is 21.9. The van der Waals surface area contributed by atoms with Crippen molar-refractivity contribution in [3.63, 3.8) is 0 Å². The van der Waals surface area contributed by atoms with Crippen molar-refractivity contribution in [1.82, 2.24) is 0 Å². The highest BCUT2D eigenvalue weighted by molar-refractivity contribution is 14.0. The molecule has 6 N–H and O–H groups in total. The molecule has 8 unspecified atom stereocenters. The maximum absolute atomic E-state index is 11.1. The molecule has 0 aliphatic rings. The predicted octanol–water partition coefficient (Wildman–Crippen LogP) is 3.88. The zero-order chi connectivity index (χ0) is 43.6. The van der Waals surface area contributed by atoms with Gasteiger partial charge >= 0.3 is 5.97 Å². The summed E-state index contributed by atoms with van der Waals surface area (Å²) < 4.78 is 48.5. The highest BCUT2D eigenvalue weighted by Gasteiger charge is 2.17. The lowest BCUT2D eigenvalue weighted by atomic mass is 10.3. The number of methoxy groups -OCH3 is 4. The topological polar surface area (TPSA) is 229 Å². The van der Waals surface area contributed by atoms with Crippen molar-refractivity contribution < 1.29 is 79.5 Å². The number of rotatable bonds is 33. The van der Waals surface area contributed by atoms with Crippen LogP contribution in [0.5, 0.6) is 0 Å². The molecule has 56 heavy (non-hydrogen) atoms. The summed E-state index contributed by atoms with van der Waals surface area (Å²) in [4.78, 5) is 21.3. The van der Waals surface area contributed by atoms with Crippen molar-refractivity contribution in [2.24, 2.45) is 0 Å². The van der Waals surface area contributed by atoms with Gasteiger partial charge in [-0.05, 0) is 31.4 Å². The molecule has 0 spiro atoms. The van der Waals surface area contributed by atoms with Crippen LogP contribution in [0.15, 0.2) is 0 Å². The highest BCUT2D eigenvalue weighted by atomic mass is 127. The Kier molecular flexibility index (Phi) is 56.0. The summed E-state index contributed by atoms with van der Waals surface area (Å²) in [6, 6.07) is 0. The third-order valence-corrected chi connectivity index (χ3v) is 9.79. The quantitative estimate of drug-likeness (QED) is 0.0312. The van der Waals surface area contributed by atoms with Crippen molar-refractivity contribution in [3.05, 3.63) is 0 Å². The number of carbonyl (C=O) groups is 2. The number of halogens is 1. The molecule has 342 valence electrons. The van der Waals surface area contributed by atoms with Gasteiger partial charge in [-0.2, -0.15) is 11.8 Å². The Bertz CT molecular complexity index is 808. The number of aliphatic carboxylic acids is 1. The van der Waals surface area contributed by atoms with Crippen molar-refractivity contribution in [3.8, 4) is 0 Å². The minimum atomic E-state index is -0.857. The summed E-state index contributed by atoms with van der Waals surface area (Å²) in [6.45, 7) is 9.71. The zero-order valence-corrected chi connectivity index (χ0v) is 39.8. The number of carboxylic acid groups (broad SMARTS) is 1. The largest absolute Gasteiger partial charge is 0.481 e. The van der Waals surface area contributed by atoms with Crippen LogP contribution >= 0.6 is 59.3 Å². The van der Waals surface area contributed by atoms with Gasteiger partial charge < -0.3 is 68.5 Å². The lowest BCUT2D eigenvalue weighted by Gasteiger charge is -2.21. The molecule has 0 aromatic carbocycles. The Morgan fingerprint density at radius 1 is 0.536 bits per heavy atom. The molecular weight excluding hydrogens is 911 g/mol. The zero-order valence-electron chi connectivity index (χ0n) is 36.0. The standard InChI is InChI=1S/C11H22O4S.C9H18O5S.C9H20O3S.C7H16O4.HI/c1-4-9(13)7-16-8-11(14-3)15-10(5-2)6-12;1-3-7(4-10)14-9(13-2)6-15-5-8(11)12;1-4-8(6-10)12-9(11-3)7-13-5-2;1-3-6(4-8)11-7(5-9)10-2;/h10-12H,4-8H2,1-3H3;7,9-10H,3-6H2,1-2H3,(H,11,12);8-10H,4-7H2,1-3H3;6-9H,3-5H2,1-2H3;1H/i;;2T;;. The fourth-order valence-corrected chi connectivity index (χ4v) is 5.62. The maximum Gasteiger partial charge on any atom is 0.313 e. The molecule has 0 bridgehead atoms. The normalized spacial score (nSPS) is 15.3. The number of carboxylic acids is 1. The Balaban J connectivity index is -0.000000211. The molecule has 0 rings (SSSR count). The van der Waals surface area contributed by atoms with Crippen LogP contribution in [-0.2, 0) is 47.5 Å². The van der Waals surface area contributed by atoms with E-state index in [1.807, 2.05) is 34.6 Å². The number of ketones is 1. The molecule has 0 fully saturated rings. The Hall–Kier alpha value is 0.400. The van der Waals surface area contributed by atoms with Crippen LogP contribution in [0, 0.1) is 0 Å². The molecule has 0 aliphatic carbocycles. The first-order chi connectivity index (χ1) is 26.9. The van der Waals surface area contributed by atoms with E-state index in [1.54, 1.807) is 26.0 Å². The van der Waals surface area contributed by atoms with Crippen LogP contribution in [0.4, 0.5) is 0 Å². The van der Waals surface area contributed by atoms with Crippen molar-refractivity contribution in [2.45, 2.75) is 123 Å². The first kappa shape index (κ1) is 63.0. The second-order valence-electron chi connectivity index (χ2n) is 11.1. The monoisotopic (exact) mass is 990 g/mol. The Morgan fingerprint density at radius 3 is 1.11 bits per heavy atom. The van der Waals surface area contributed by atoms with Gasteiger partial charge in [-0.25, -0.2) is 0 Å². The van der Waals surface area contributed by atoms with E-state index >= 15 is 0 Å². The number of thioether (sulfide) groups is 3. The van der Waals surface area contributed by atoms with Gasteiger partial charge in [0.05, 0.1) is 69.0 Å². The van der Waals surface area contributed by atoms with Gasteiger partial charge in [0.1, 0.15) is 5.78 Å². The van der Waals surface area contributed by atoms with Crippen molar-refractivity contribution in [2.75, 3.05) is 96.0 Å². The van der Waals surface area contributed by atoms with Gasteiger partial charge in [-0.3, -0.25) is 9.59 Å². The molecule has 0 radical (unpaired) electrons. The van der Waals surface area contributed by atoms with E-state index in [2.05, 4.69) is 0 Å². The molecular formula is C36H77IO16S3. The van der Waals surface area contributed by atoms with E-state index in [9.17, 15) is 9.59 Å². The van der Waals surface area contributed by atoms with E-state index in [1.165, 1.54) is 37.7 Å². The van der Waals surface area contributed by atoms with Gasteiger partial charge in [0.15, 0.2) is 25.2 Å². The molecule has 16 nitrogen and oxygen atoms in total. The van der Waals surface area contributed by atoms with E-state index in [0.29, 0.717) is 49.2 Å². The number of ether oxygens (including phenoxy) is 8. The van der Waals surface area contributed by atoms with Gasteiger partial charge in [0.2, 0.25) is 0 Å².